The summed E-state index contributed by atoms with van der Waals surface area (Å²) in [7, 11) is 2.08. The molecule has 2 aromatic heterocycles. The molecule has 4 rings (SSSR count). The number of aromatic nitrogens is 1. The van der Waals surface area contributed by atoms with Gasteiger partial charge in [-0.2, -0.15) is 0 Å². The van der Waals surface area contributed by atoms with Gasteiger partial charge >= 0.3 is 0 Å². The lowest BCUT2D eigenvalue weighted by atomic mass is 9.95. The fraction of sp³-hybridized carbons (Fsp3) is 0.500. The first-order chi connectivity index (χ1) is 12.7. The van der Waals surface area contributed by atoms with E-state index in [0.29, 0.717) is 19.8 Å². The van der Waals surface area contributed by atoms with E-state index in [4.69, 9.17) is 9.15 Å². The van der Waals surface area contributed by atoms with E-state index in [0.717, 1.165) is 38.2 Å². The molecule has 0 aliphatic carbocycles. The van der Waals surface area contributed by atoms with E-state index in [9.17, 15) is 4.79 Å². The van der Waals surface area contributed by atoms with Gasteiger partial charge in [0.1, 0.15) is 5.76 Å². The van der Waals surface area contributed by atoms with Gasteiger partial charge in [0.25, 0.3) is 0 Å². The van der Waals surface area contributed by atoms with Crippen molar-refractivity contribution in [2.24, 2.45) is 5.92 Å². The van der Waals surface area contributed by atoms with E-state index in [2.05, 4.69) is 16.9 Å². The molecule has 2 aliphatic rings. The maximum atomic E-state index is 12.7. The van der Waals surface area contributed by atoms with Crippen LogP contribution in [0.4, 0.5) is 0 Å². The van der Waals surface area contributed by atoms with Crippen LogP contribution in [0.15, 0.2) is 35.2 Å². The third-order valence-electron chi connectivity index (χ3n) is 5.27. The molecule has 2 aliphatic heterocycles. The number of rotatable bonds is 5. The summed E-state index contributed by atoms with van der Waals surface area (Å²) in [6.45, 7) is 4.30. The van der Waals surface area contributed by atoms with Gasteiger partial charge in [0.2, 0.25) is 5.91 Å². The van der Waals surface area contributed by atoms with Gasteiger partial charge < -0.3 is 14.1 Å². The molecule has 0 aromatic carbocycles. The minimum Gasteiger partial charge on any atom is -0.468 e. The first-order valence-corrected chi connectivity index (χ1v) is 9.23. The average molecular weight is 355 g/mol. The molecule has 0 radical (unpaired) electrons. The van der Waals surface area contributed by atoms with Crippen LogP contribution in [0.1, 0.15) is 28.9 Å². The number of hydrogen-bond acceptors (Lipinski definition) is 5. The van der Waals surface area contributed by atoms with Crippen LogP contribution in [0.3, 0.4) is 0 Å². The highest BCUT2D eigenvalue weighted by atomic mass is 16.5. The number of nitrogens with zero attached hydrogens (tertiary/aromatic N) is 3. The molecule has 0 bridgehead atoms. The zero-order valence-electron chi connectivity index (χ0n) is 15.2. The summed E-state index contributed by atoms with van der Waals surface area (Å²) in [6, 6.07) is 3.90. The molecule has 1 saturated heterocycles. The molecule has 1 amide bonds. The Kier molecular flexibility index (Phi) is 5.04. The van der Waals surface area contributed by atoms with Crippen LogP contribution < -0.4 is 0 Å². The monoisotopic (exact) mass is 355 g/mol. The number of carbonyl (C=O) groups excluding carboxylic acids is 1. The summed E-state index contributed by atoms with van der Waals surface area (Å²) >= 11 is 0. The van der Waals surface area contributed by atoms with Gasteiger partial charge in [-0.25, -0.2) is 0 Å². The fourth-order valence-electron chi connectivity index (χ4n) is 3.90. The largest absolute Gasteiger partial charge is 0.468 e. The Morgan fingerprint density at radius 1 is 1.38 bits per heavy atom. The smallest absolute Gasteiger partial charge is 0.228 e. The van der Waals surface area contributed by atoms with Gasteiger partial charge in [-0.15, -0.1) is 0 Å². The van der Waals surface area contributed by atoms with Crippen LogP contribution in [0.2, 0.25) is 0 Å². The molecule has 2 aromatic rings. The first-order valence-electron chi connectivity index (χ1n) is 9.23. The molecule has 1 fully saturated rings. The second kappa shape index (κ2) is 7.60. The molecule has 138 valence electrons. The van der Waals surface area contributed by atoms with Crippen molar-refractivity contribution in [1.29, 1.82) is 0 Å². The molecule has 1 unspecified atom stereocenters. The summed E-state index contributed by atoms with van der Waals surface area (Å²) in [5.41, 5.74) is 3.76. The predicted octanol–water partition coefficient (Wildman–Crippen LogP) is 2.23. The van der Waals surface area contributed by atoms with Gasteiger partial charge in [0, 0.05) is 38.6 Å². The Morgan fingerprint density at radius 3 is 3.08 bits per heavy atom. The van der Waals surface area contributed by atoms with Gasteiger partial charge in [-0.1, -0.05) is 0 Å². The highest BCUT2D eigenvalue weighted by Gasteiger charge is 2.30. The van der Waals surface area contributed by atoms with Crippen molar-refractivity contribution in [3.63, 3.8) is 0 Å². The number of pyridine rings is 1. The van der Waals surface area contributed by atoms with Crippen LogP contribution in [0.5, 0.6) is 0 Å². The Bertz CT molecular complexity index is 754. The van der Waals surface area contributed by atoms with E-state index >= 15 is 0 Å². The summed E-state index contributed by atoms with van der Waals surface area (Å²) in [4.78, 5) is 21.3. The number of ether oxygens (including phenoxy) is 1. The molecule has 6 nitrogen and oxygen atoms in total. The van der Waals surface area contributed by atoms with Crippen LogP contribution in [0, 0.1) is 5.92 Å². The minimum absolute atomic E-state index is 0.0344. The number of carbonyl (C=O) groups is 1. The van der Waals surface area contributed by atoms with Crippen molar-refractivity contribution in [2.75, 3.05) is 26.8 Å². The van der Waals surface area contributed by atoms with Crippen molar-refractivity contribution in [2.45, 2.75) is 32.5 Å². The van der Waals surface area contributed by atoms with Crippen molar-refractivity contribution < 1.29 is 13.9 Å². The zero-order chi connectivity index (χ0) is 17.9. The second-order valence-corrected chi connectivity index (χ2v) is 7.26. The lowest BCUT2D eigenvalue weighted by molar-refractivity contribution is -0.136. The van der Waals surface area contributed by atoms with E-state index in [1.807, 2.05) is 29.4 Å². The number of furan rings is 1. The maximum Gasteiger partial charge on any atom is 0.228 e. The third-order valence-corrected chi connectivity index (χ3v) is 5.27. The van der Waals surface area contributed by atoms with E-state index in [1.54, 1.807) is 6.26 Å². The topological polar surface area (TPSA) is 58.8 Å². The number of amides is 1. The van der Waals surface area contributed by atoms with Crippen LogP contribution in [0.25, 0.3) is 0 Å². The Balaban J connectivity index is 1.43. The number of hydrogen-bond donors (Lipinski definition) is 0. The molecule has 6 heteroatoms. The van der Waals surface area contributed by atoms with Crippen LogP contribution in [-0.4, -0.2) is 47.5 Å². The van der Waals surface area contributed by atoms with Gasteiger partial charge in [0.05, 0.1) is 25.3 Å². The number of fused-ring (bicyclic) bond motifs is 1. The first kappa shape index (κ1) is 17.2. The summed E-state index contributed by atoms with van der Waals surface area (Å²) < 4.78 is 10.8. The van der Waals surface area contributed by atoms with E-state index < -0.39 is 0 Å². The molecule has 4 heterocycles. The molecule has 1 atom stereocenters. The third kappa shape index (κ3) is 3.66. The van der Waals surface area contributed by atoms with Gasteiger partial charge in [0.15, 0.2) is 0 Å². The summed E-state index contributed by atoms with van der Waals surface area (Å²) in [5, 5.41) is 0. The van der Waals surface area contributed by atoms with Crippen LogP contribution in [-0.2, 0) is 35.6 Å². The molecular formula is C20H25N3O3. The van der Waals surface area contributed by atoms with Crippen LogP contribution >= 0.6 is 0 Å². The van der Waals surface area contributed by atoms with E-state index in [1.165, 1.54) is 16.7 Å². The minimum atomic E-state index is 0.0344. The second-order valence-electron chi connectivity index (χ2n) is 7.26. The van der Waals surface area contributed by atoms with Crippen molar-refractivity contribution in [1.82, 2.24) is 14.8 Å². The highest BCUT2D eigenvalue weighted by Crippen LogP contribution is 2.25. The lowest BCUT2D eigenvalue weighted by Gasteiger charge is -2.32. The van der Waals surface area contributed by atoms with Crippen molar-refractivity contribution >= 4 is 5.91 Å². The zero-order valence-corrected chi connectivity index (χ0v) is 15.2. The predicted molar refractivity (Wildman–Crippen MR) is 96.2 cm³/mol. The normalized spacial score (nSPS) is 19.8. The molecular weight excluding hydrogens is 330 g/mol. The molecule has 0 N–H and O–H groups in total. The SMILES string of the molecule is CN(Cc1ccco1)Cc1cncc2c1CCN(C(=O)C1CCOC1)C2. The van der Waals surface area contributed by atoms with Crippen molar-refractivity contribution in [3.8, 4) is 0 Å². The highest BCUT2D eigenvalue weighted by molar-refractivity contribution is 5.79. The van der Waals surface area contributed by atoms with Crippen molar-refractivity contribution in [3.05, 3.63) is 53.2 Å². The summed E-state index contributed by atoms with van der Waals surface area (Å²) in [6.07, 6.45) is 7.31. The Labute approximate surface area is 153 Å². The quantitative estimate of drug-likeness (QED) is 0.823. The van der Waals surface area contributed by atoms with Gasteiger partial charge in [-0.05, 0) is 48.7 Å². The maximum absolute atomic E-state index is 12.7. The van der Waals surface area contributed by atoms with E-state index in [-0.39, 0.29) is 11.8 Å². The lowest BCUT2D eigenvalue weighted by Crippen LogP contribution is -2.40. The average Bonchev–Trinajstić information content (AvgIpc) is 3.35. The Hall–Kier alpha value is -2.18. The molecule has 0 saturated carbocycles. The fourth-order valence-corrected chi connectivity index (χ4v) is 3.90. The Morgan fingerprint density at radius 2 is 2.31 bits per heavy atom. The molecule has 26 heavy (non-hydrogen) atoms. The standard InChI is InChI=1S/C20H25N3O3/c1-22(13-18-3-2-7-26-18)11-16-9-21-10-17-12-23(6-4-19(16)17)20(24)15-5-8-25-14-15/h2-3,7,9-10,15H,4-6,8,11-14H2,1H3. The summed E-state index contributed by atoms with van der Waals surface area (Å²) in [5.74, 6) is 1.22. The molecule has 0 spiro atoms. The van der Waals surface area contributed by atoms with Gasteiger partial charge in [-0.3, -0.25) is 14.7 Å².